The molecule has 0 saturated heterocycles. The van der Waals surface area contributed by atoms with E-state index in [0.29, 0.717) is 17.8 Å². The molecule has 0 aromatic rings. The summed E-state index contributed by atoms with van der Waals surface area (Å²) < 4.78 is 0. The van der Waals surface area contributed by atoms with E-state index in [4.69, 9.17) is 0 Å². The van der Waals surface area contributed by atoms with Gasteiger partial charge < -0.3 is 5.11 Å². The van der Waals surface area contributed by atoms with Gasteiger partial charge in [0.05, 0.1) is 6.10 Å². The van der Waals surface area contributed by atoms with Crippen LogP contribution in [0.2, 0.25) is 0 Å². The number of hydrogen-bond acceptors (Lipinski definition) is 1. The summed E-state index contributed by atoms with van der Waals surface area (Å²) in [5.41, 5.74) is 1.36. The van der Waals surface area contributed by atoms with E-state index in [-0.39, 0.29) is 6.10 Å². The van der Waals surface area contributed by atoms with Gasteiger partial charge in [-0.2, -0.15) is 0 Å². The second kappa shape index (κ2) is 18.9. The van der Waals surface area contributed by atoms with Crippen molar-refractivity contribution in [1.29, 1.82) is 0 Å². The predicted molar refractivity (Wildman–Crippen MR) is 184 cm³/mol. The Morgan fingerprint density at radius 3 is 1.95 bits per heavy atom. The van der Waals surface area contributed by atoms with Crippen LogP contribution in [0.4, 0.5) is 0 Å². The molecule has 0 aromatic heterocycles. The van der Waals surface area contributed by atoms with Crippen molar-refractivity contribution in [3.05, 3.63) is 12.2 Å². The fourth-order valence-electron chi connectivity index (χ4n) is 9.71. The van der Waals surface area contributed by atoms with Crippen molar-refractivity contribution in [2.75, 3.05) is 0 Å². The minimum atomic E-state index is -0.0645. The monoisotopic (exact) mass is 581 g/mol. The minimum absolute atomic E-state index is 0.0645. The fourth-order valence-corrected chi connectivity index (χ4v) is 9.71. The van der Waals surface area contributed by atoms with Crippen LogP contribution in [-0.2, 0) is 0 Å². The predicted octanol–water partition coefficient (Wildman–Crippen LogP) is 12.0. The van der Waals surface area contributed by atoms with Gasteiger partial charge in [0.15, 0.2) is 0 Å². The Bertz CT molecular complexity index is 798. The topological polar surface area (TPSA) is 20.2 Å². The molecular weight excluding hydrogens is 508 g/mol. The molecule has 1 heteroatoms. The molecule has 0 aromatic carbocycles. The molecule has 1 N–H and O–H groups in total. The number of aliphatic hydroxyl groups excluding tert-OH is 1. The van der Waals surface area contributed by atoms with E-state index < -0.39 is 0 Å². The number of hydrogen-bond donors (Lipinski definition) is 1. The van der Waals surface area contributed by atoms with Crippen LogP contribution >= 0.6 is 0 Å². The lowest BCUT2D eigenvalue weighted by Gasteiger charge is -2.35. The average molecular weight is 581 g/mol. The maximum atomic E-state index is 9.65. The van der Waals surface area contributed by atoms with Gasteiger partial charge in [0.2, 0.25) is 0 Å². The normalized spacial score (nSPS) is 33.4. The van der Waals surface area contributed by atoms with Gasteiger partial charge in [0.25, 0.3) is 0 Å². The second-order valence-electron chi connectivity index (χ2n) is 15.9. The maximum Gasteiger partial charge on any atom is 0.0541 e. The second-order valence-corrected chi connectivity index (χ2v) is 15.9. The van der Waals surface area contributed by atoms with Gasteiger partial charge >= 0.3 is 0 Å². The highest BCUT2D eigenvalue weighted by atomic mass is 16.3. The van der Waals surface area contributed by atoms with Crippen LogP contribution < -0.4 is 0 Å². The Kier molecular flexibility index (Phi) is 16.1. The van der Waals surface area contributed by atoms with Crippen LogP contribution in [0.3, 0.4) is 0 Å². The first-order chi connectivity index (χ1) is 20.2. The van der Waals surface area contributed by atoms with E-state index in [9.17, 15) is 5.11 Å². The molecule has 6 atom stereocenters. The molecule has 0 bridgehead atoms. The molecule has 0 heterocycles. The van der Waals surface area contributed by atoms with E-state index in [1.807, 2.05) is 0 Å². The van der Waals surface area contributed by atoms with Gasteiger partial charge in [0, 0.05) is 11.8 Å². The van der Waals surface area contributed by atoms with Crippen molar-refractivity contribution in [1.82, 2.24) is 0 Å². The maximum absolute atomic E-state index is 9.65. The van der Waals surface area contributed by atoms with E-state index in [2.05, 4.69) is 60.0 Å². The molecule has 0 radical (unpaired) electrons. The quantitative estimate of drug-likeness (QED) is 0.190. The third kappa shape index (κ3) is 11.3. The smallest absolute Gasteiger partial charge is 0.0541 e. The van der Waals surface area contributed by atoms with E-state index in [1.165, 1.54) is 82.6 Å². The first-order valence-electron chi connectivity index (χ1n) is 19.1. The lowest BCUT2D eigenvalue weighted by molar-refractivity contribution is 0.119. The van der Waals surface area contributed by atoms with Gasteiger partial charge in [-0.05, 0) is 131 Å². The lowest BCUT2D eigenvalue weighted by Crippen LogP contribution is -2.26. The van der Waals surface area contributed by atoms with Crippen LogP contribution in [0.1, 0.15) is 170 Å². The first kappa shape index (κ1) is 35.7. The van der Waals surface area contributed by atoms with Crippen molar-refractivity contribution in [2.45, 2.75) is 176 Å². The van der Waals surface area contributed by atoms with Crippen molar-refractivity contribution in [3.8, 4) is 11.8 Å². The summed E-state index contributed by atoms with van der Waals surface area (Å²) in [4.78, 5) is 0. The average Bonchev–Trinajstić information content (AvgIpc) is 3.40. The largest absolute Gasteiger partial charge is 0.393 e. The van der Waals surface area contributed by atoms with Crippen LogP contribution in [-0.4, -0.2) is 11.2 Å². The summed E-state index contributed by atoms with van der Waals surface area (Å²) in [6.45, 7) is 18.4. The number of allylic oxidation sites excluding steroid dienone is 1. The summed E-state index contributed by atoms with van der Waals surface area (Å²) >= 11 is 0. The molecule has 4 fully saturated rings. The molecule has 0 spiro atoms. The van der Waals surface area contributed by atoms with Crippen molar-refractivity contribution >= 4 is 0 Å². The first-order valence-corrected chi connectivity index (χ1v) is 19.1. The molecule has 1 nitrogen and oxygen atoms in total. The highest BCUT2D eigenvalue weighted by Crippen LogP contribution is 2.47. The SMILES string of the molecule is C=C(C)C(C)C(CC)C(CCCC1CCC(C#CC2CCC(O)CC2)CC1)C(C)C.CCCC1CCC2CCCCC12. The number of rotatable bonds is 11. The highest BCUT2D eigenvalue weighted by Gasteiger charge is 2.36. The van der Waals surface area contributed by atoms with Gasteiger partial charge in [-0.1, -0.05) is 110 Å². The third-order valence-electron chi connectivity index (χ3n) is 12.6. The van der Waals surface area contributed by atoms with Gasteiger partial charge in [-0.25, -0.2) is 0 Å². The highest BCUT2D eigenvalue weighted by molar-refractivity contribution is 5.09. The van der Waals surface area contributed by atoms with E-state index in [1.54, 1.807) is 25.7 Å². The third-order valence-corrected chi connectivity index (χ3v) is 12.6. The molecule has 242 valence electrons. The summed E-state index contributed by atoms with van der Waals surface area (Å²) in [6, 6.07) is 0. The van der Waals surface area contributed by atoms with Gasteiger partial charge in [-0.15, -0.1) is 0 Å². The molecular formula is C41H72O. The molecule has 0 amide bonds. The summed E-state index contributed by atoms with van der Waals surface area (Å²) in [7, 11) is 0. The number of fused-ring (bicyclic) bond motifs is 1. The Balaban J connectivity index is 0.000000332. The van der Waals surface area contributed by atoms with Crippen LogP contribution in [0.15, 0.2) is 12.2 Å². The van der Waals surface area contributed by atoms with Crippen LogP contribution in [0, 0.1) is 71.0 Å². The summed E-state index contributed by atoms with van der Waals surface area (Å²) in [5.74, 6) is 15.8. The number of aliphatic hydroxyl groups is 1. The Morgan fingerprint density at radius 2 is 1.38 bits per heavy atom. The Hall–Kier alpha value is -0.740. The van der Waals surface area contributed by atoms with Crippen molar-refractivity contribution in [2.24, 2.45) is 59.2 Å². The van der Waals surface area contributed by atoms with Crippen molar-refractivity contribution in [3.63, 3.8) is 0 Å². The minimum Gasteiger partial charge on any atom is -0.393 e. The molecule has 42 heavy (non-hydrogen) atoms. The lowest BCUT2D eigenvalue weighted by atomic mass is 9.70. The zero-order valence-corrected chi connectivity index (χ0v) is 29.1. The van der Waals surface area contributed by atoms with E-state index in [0.717, 1.165) is 67.1 Å². The molecule has 6 unspecified atom stereocenters. The summed E-state index contributed by atoms with van der Waals surface area (Å²) in [5, 5.41) is 9.65. The van der Waals surface area contributed by atoms with Gasteiger partial charge in [-0.3, -0.25) is 0 Å². The van der Waals surface area contributed by atoms with Crippen LogP contribution in [0.25, 0.3) is 0 Å². The molecule has 4 aliphatic rings. The van der Waals surface area contributed by atoms with Crippen molar-refractivity contribution < 1.29 is 5.11 Å². The Morgan fingerprint density at radius 1 is 0.762 bits per heavy atom. The van der Waals surface area contributed by atoms with Gasteiger partial charge in [0.1, 0.15) is 0 Å². The molecule has 4 aliphatic carbocycles. The Labute approximate surface area is 263 Å². The zero-order chi connectivity index (χ0) is 30.5. The van der Waals surface area contributed by atoms with Crippen LogP contribution in [0.5, 0.6) is 0 Å². The van der Waals surface area contributed by atoms with E-state index >= 15 is 0 Å². The fraction of sp³-hybridized carbons (Fsp3) is 0.902. The molecule has 0 aliphatic heterocycles. The summed E-state index contributed by atoms with van der Waals surface area (Å²) in [6.07, 6.45) is 27.1. The zero-order valence-electron chi connectivity index (χ0n) is 29.1. The standard InChI is InChI=1S/C29H50O.C12H22/c1-7-28(23(6)21(2)3)29(22(4)5)10-8-9-24-11-13-25(14-12-24)15-16-26-17-19-27(30)20-18-26;1-2-5-10-8-9-11-6-3-4-7-12(10)11/h22-30H,2,7-14,17-20H2,1,3-6H3;10-12H,2-9H2,1H3. The molecule has 4 rings (SSSR count). The molecule has 4 saturated carbocycles.